The van der Waals surface area contributed by atoms with Crippen molar-refractivity contribution in [1.82, 2.24) is 4.31 Å². The van der Waals surface area contributed by atoms with Gasteiger partial charge in [0.2, 0.25) is 10.0 Å². The van der Waals surface area contributed by atoms with E-state index < -0.39 is 34.5 Å². The molecule has 0 aliphatic rings. The molecule has 118 valence electrons. The summed E-state index contributed by atoms with van der Waals surface area (Å²) in [5, 5.41) is 10.4. The maximum atomic E-state index is 12.6. The van der Waals surface area contributed by atoms with Crippen molar-refractivity contribution in [2.24, 2.45) is 0 Å². The zero-order valence-corrected chi connectivity index (χ0v) is 13.5. The van der Waals surface area contributed by atoms with E-state index in [0.29, 0.717) is 6.42 Å². The summed E-state index contributed by atoms with van der Waals surface area (Å²) in [7, 11) is -2.93. The minimum atomic E-state index is -4.09. The van der Waals surface area contributed by atoms with E-state index in [1.165, 1.54) is 11.4 Å². The zero-order chi connectivity index (χ0) is 16.2. The molecule has 21 heavy (non-hydrogen) atoms. The van der Waals surface area contributed by atoms with Crippen LogP contribution in [-0.4, -0.2) is 49.5 Å². The lowest BCUT2D eigenvalue weighted by Crippen LogP contribution is -2.42. The third-order valence-electron chi connectivity index (χ3n) is 2.96. The van der Waals surface area contributed by atoms with Gasteiger partial charge in [-0.1, -0.05) is 6.92 Å². The number of thiophene rings is 1. The van der Waals surface area contributed by atoms with Gasteiger partial charge in [-0.25, -0.2) is 13.2 Å². The largest absolute Gasteiger partial charge is 0.480 e. The topological polar surface area (TPSA) is 101 Å². The summed E-state index contributed by atoms with van der Waals surface area (Å²) in [5.74, 6) is -2.02. The molecule has 7 nitrogen and oxygen atoms in total. The van der Waals surface area contributed by atoms with Crippen LogP contribution in [0, 0.1) is 0 Å². The van der Waals surface area contributed by atoms with E-state index in [9.17, 15) is 18.0 Å². The van der Waals surface area contributed by atoms with Crippen LogP contribution in [0.3, 0.4) is 0 Å². The van der Waals surface area contributed by atoms with Crippen LogP contribution in [0.4, 0.5) is 0 Å². The molecule has 0 saturated carbocycles. The number of esters is 1. The van der Waals surface area contributed by atoms with E-state index in [0.717, 1.165) is 22.8 Å². The van der Waals surface area contributed by atoms with Gasteiger partial charge in [0.15, 0.2) is 0 Å². The van der Waals surface area contributed by atoms with Gasteiger partial charge in [-0.2, -0.15) is 4.31 Å². The van der Waals surface area contributed by atoms with Crippen molar-refractivity contribution >= 4 is 33.3 Å². The summed E-state index contributed by atoms with van der Waals surface area (Å²) in [6, 6.07) is 0.778. The second kappa shape index (κ2) is 7.01. The van der Waals surface area contributed by atoms with Crippen LogP contribution in [0.1, 0.15) is 29.9 Å². The van der Waals surface area contributed by atoms with Crippen LogP contribution < -0.4 is 0 Å². The Kier molecular flexibility index (Phi) is 5.87. The number of methoxy groups -OCH3 is 1. The van der Waals surface area contributed by atoms with Crippen LogP contribution >= 0.6 is 11.3 Å². The van der Waals surface area contributed by atoms with Gasteiger partial charge < -0.3 is 9.84 Å². The highest BCUT2D eigenvalue weighted by atomic mass is 32.2. The van der Waals surface area contributed by atoms with Crippen molar-refractivity contribution in [3.63, 3.8) is 0 Å². The van der Waals surface area contributed by atoms with Crippen molar-refractivity contribution in [1.29, 1.82) is 0 Å². The van der Waals surface area contributed by atoms with Gasteiger partial charge in [-0.3, -0.25) is 4.79 Å². The standard InChI is InChI=1S/C12H17NO6S2/c1-4-8(2)13(7-10(14)15)21(17,18)9-5-6-20-11(9)12(16)19-3/h5-6,8H,4,7H2,1-3H3,(H,14,15). The number of nitrogens with zero attached hydrogens (tertiary/aromatic N) is 1. The van der Waals surface area contributed by atoms with Crippen molar-refractivity contribution < 1.29 is 27.9 Å². The first-order valence-corrected chi connectivity index (χ1v) is 8.47. The first-order chi connectivity index (χ1) is 9.75. The molecule has 0 aliphatic carbocycles. The van der Waals surface area contributed by atoms with E-state index >= 15 is 0 Å². The van der Waals surface area contributed by atoms with Gasteiger partial charge in [0, 0.05) is 6.04 Å². The van der Waals surface area contributed by atoms with Crippen molar-refractivity contribution in [2.75, 3.05) is 13.7 Å². The number of carboxylic acid groups (broad SMARTS) is 1. The van der Waals surface area contributed by atoms with Crippen LogP contribution in [-0.2, 0) is 19.6 Å². The SMILES string of the molecule is CCC(C)N(CC(=O)O)S(=O)(=O)c1ccsc1C(=O)OC. The number of sulfonamides is 1. The van der Waals surface area contributed by atoms with Crippen LogP contribution in [0.5, 0.6) is 0 Å². The highest BCUT2D eigenvalue weighted by Gasteiger charge is 2.34. The number of aliphatic carboxylic acids is 1. The van der Waals surface area contributed by atoms with Crippen LogP contribution in [0.2, 0.25) is 0 Å². The maximum Gasteiger partial charge on any atom is 0.349 e. The van der Waals surface area contributed by atoms with E-state index in [4.69, 9.17) is 5.11 Å². The molecule has 1 heterocycles. The Bertz CT molecular complexity index is 621. The molecule has 0 amide bonds. The Morgan fingerprint density at radius 1 is 1.48 bits per heavy atom. The molecule has 0 saturated heterocycles. The zero-order valence-electron chi connectivity index (χ0n) is 11.9. The molecule has 0 fully saturated rings. The number of hydrogen-bond acceptors (Lipinski definition) is 6. The van der Waals surface area contributed by atoms with E-state index in [-0.39, 0.29) is 9.77 Å². The number of rotatable bonds is 7. The third-order valence-corrected chi connectivity index (χ3v) is 5.99. The Morgan fingerprint density at radius 3 is 2.57 bits per heavy atom. The van der Waals surface area contributed by atoms with Gasteiger partial charge in [0.05, 0.1) is 7.11 Å². The molecule has 0 aliphatic heterocycles. The quantitative estimate of drug-likeness (QED) is 0.756. The van der Waals surface area contributed by atoms with Gasteiger partial charge in [-0.15, -0.1) is 11.3 Å². The minimum absolute atomic E-state index is 0.0591. The van der Waals surface area contributed by atoms with Gasteiger partial charge in [0.1, 0.15) is 16.3 Å². The summed E-state index contributed by atoms with van der Waals surface area (Å²) in [6.45, 7) is 2.71. The molecule has 1 rings (SSSR count). The second-order valence-electron chi connectivity index (χ2n) is 4.31. The predicted molar refractivity (Wildman–Crippen MR) is 76.9 cm³/mol. The monoisotopic (exact) mass is 335 g/mol. The predicted octanol–water partition coefficient (Wildman–Crippen LogP) is 1.41. The average molecular weight is 335 g/mol. The molecule has 1 N–H and O–H groups in total. The molecule has 0 radical (unpaired) electrons. The molecule has 0 spiro atoms. The molecular weight excluding hydrogens is 318 g/mol. The third kappa shape index (κ3) is 3.80. The first-order valence-electron chi connectivity index (χ1n) is 6.15. The summed E-state index contributed by atoms with van der Waals surface area (Å²) in [4.78, 5) is 22.3. The van der Waals surface area contributed by atoms with Crippen LogP contribution in [0.25, 0.3) is 0 Å². The molecule has 1 aromatic heterocycles. The average Bonchev–Trinajstić information content (AvgIpc) is 2.92. The summed E-state index contributed by atoms with van der Waals surface area (Å²) in [6.07, 6.45) is 0.449. The molecule has 1 unspecified atom stereocenters. The van der Waals surface area contributed by atoms with Crippen molar-refractivity contribution in [3.8, 4) is 0 Å². The lowest BCUT2D eigenvalue weighted by molar-refractivity contribution is -0.137. The molecular formula is C12H17NO6S2. The Hall–Kier alpha value is -1.45. The van der Waals surface area contributed by atoms with Crippen LogP contribution in [0.15, 0.2) is 16.3 Å². The fourth-order valence-electron chi connectivity index (χ4n) is 1.68. The number of carbonyl (C=O) groups excluding carboxylic acids is 1. The number of ether oxygens (including phenoxy) is 1. The van der Waals surface area contributed by atoms with E-state index in [2.05, 4.69) is 4.74 Å². The smallest absolute Gasteiger partial charge is 0.349 e. The number of hydrogen-bond donors (Lipinski definition) is 1. The highest BCUT2D eigenvalue weighted by molar-refractivity contribution is 7.89. The summed E-state index contributed by atoms with van der Waals surface area (Å²) in [5.41, 5.74) is 0. The molecule has 9 heteroatoms. The Morgan fingerprint density at radius 2 is 2.10 bits per heavy atom. The van der Waals surface area contributed by atoms with Gasteiger partial charge >= 0.3 is 11.9 Å². The number of carbonyl (C=O) groups is 2. The first kappa shape index (κ1) is 17.6. The van der Waals surface area contributed by atoms with Crippen molar-refractivity contribution in [2.45, 2.75) is 31.2 Å². The molecule has 1 atom stereocenters. The highest BCUT2D eigenvalue weighted by Crippen LogP contribution is 2.27. The van der Waals surface area contributed by atoms with Gasteiger partial charge in [-0.05, 0) is 24.8 Å². The lowest BCUT2D eigenvalue weighted by Gasteiger charge is -2.25. The van der Waals surface area contributed by atoms with E-state index in [1.807, 2.05) is 0 Å². The Labute approximate surface area is 127 Å². The molecule has 0 aromatic carbocycles. The fraction of sp³-hybridized carbons (Fsp3) is 0.500. The van der Waals surface area contributed by atoms with Gasteiger partial charge in [0.25, 0.3) is 0 Å². The fourth-order valence-corrected chi connectivity index (χ4v) is 4.65. The second-order valence-corrected chi connectivity index (χ2v) is 7.08. The van der Waals surface area contributed by atoms with E-state index in [1.54, 1.807) is 13.8 Å². The maximum absolute atomic E-state index is 12.6. The summed E-state index contributed by atoms with van der Waals surface area (Å²) < 4.78 is 30.7. The molecule has 0 bridgehead atoms. The molecule has 1 aromatic rings. The minimum Gasteiger partial charge on any atom is -0.480 e. The lowest BCUT2D eigenvalue weighted by atomic mass is 10.2. The van der Waals surface area contributed by atoms with Crippen molar-refractivity contribution in [3.05, 3.63) is 16.3 Å². The summed E-state index contributed by atoms with van der Waals surface area (Å²) >= 11 is 0.937. The number of carboxylic acids is 1. The normalized spacial score (nSPS) is 13.1. The Balaban J connectivity index is 3.33.